The molecule has 0 saturated carbocycles. The van der Waals surface area contributed by atoms with E-state index in [1.54, 1.807) is 0 Å². The van der Waals surface area contributed by atoms with E-state index in [0.717, 1.165) is 13.4 Å². The van der Waals surface area contributed by atoms with Crippen LogP contribution in [0.4, 0.5) is 0 Å². The minimum Gasteiger partial charge on any atom is -0.822 e. The molecule has 44 heavy (non-hydrogen) atoms. The fourth-order valence-corrected chi connectivity index (χ4v) is 4.63. The highest BCUT2D eigenvalue weighted by molar-refractivity contribution is 7.40. The van der Waals surface area contributed by atoms with Crippen LogP contribution in [0.3, 0.4) is 0 Å². The smallest absolute Gasteiger partial charge is 0.0780 e. The topological polar surface area (TPSA) is 86.2 Å². The highest BCUT2D eigenvalue weighted by atomic mass is 31.2. The van der Waals surface area contributed by atoms with E-state index in [1.807, 2.05) is 0 Å². The Morgan fingerprint density at radius 1 is 0.341 bits per heavy atom. The van der Waals surface area contributed by atoms with Crippen molar-refractivity contribution < 1.29 is 32.7 Å². The number of unbranched alkanes of at least 4 members (excludes halogenated alkanes) is 18. The summed E-state index contributed by atoms with van der Waals surface area (Å²) in [7, 11) is 15.1. The van der Waals surface area contributed by atoms with E-state index in [0.29, 0.717) is 0 Å². The molecular formula is C36H84N3O4P. The van der Waals surface area contributed by atoms with Crippen LogP contribution in [-0.4, -0.2) is 96.5 Å². The summed E-state index contributed by atoms with van der Waals surface area (Å²) in [6.07, 6.45) is 29.9. The first-order chi connectivity index (χ1) is 20.2. The van der Waals surface area contributed by atoms with Crippen LogP contribution in [0, 0.1) is 0 Å². The van der Waals surface area contributed by atoms with Gasteiger partial charge in [0.15, 0.2) is 0 Å². The molecule has 0 N–H and O–H groups in total. The van der Waals surface area contributed by atoms with Crippen molar-refractivity contribution in [2.75, 3.05) is 83.1 Å². The van der Waals surface area contributed by atoms with Crippen molar-refractivity contribution in [1.82, 2.24) is 0 Å². The van der Waals surface area contributed by atoms with Crippen LogP contribution in [-0.2, 0) is 4.57 Å². The summed E-state index contributed by atoms with van der Waals surface area (Å²) in [5.41, 5.74) is 0. The van der Waals surface area contributed by atoms with E-state index >= 15 is 0 Å². The van der Waals surface area contributed by atoms with Crippen molar-refractivity contribution in [3.8, 4) is 0 Å². The summed E-state index contributed by atoms with van der Waals surface area (Å²) in [6, 6.07) is 0. The number of phosphoric acid groups is 1. The summed E-state index contributed by atoms with van der Waals surface area (Å²) >= 11 is 0. The third-order valence-corrected chi connectivity index (χ3v) is 7.30. The van der Waals surface area contributed by atoms with Crippen LogP contribution in [0.2, 0.25) is 0 Å². The maximum absolute atomic E-state index is 8.55. The van der Waals surface area contributed by atoms with Gasteiger partial charge >= 0.3 is 0 Å². The van der Waals surface area contributed by atoms with Gasteiger partial charge in [0.1, 0.15) is 0 Å². The lowest BCUT2D eigenvalue weighted by Gasteiger charge is -2.36. The predicted molar refractivity (Wildman–Crippen MR) is 190 cm³/mol. The zero-order valence-electron chi connectivity index (χ0n) is 32.4. The molecule has 0 aliphatic carbocycles. The molecule has 0 amide bonds. The molecule has 0 radical (unpaired) electrons. The number of nitrogens with zero attached hydrogens (tertiary/aromatic N) is 3. The molecule has 0 aromatic heterocycles. The van der Waals surface area contributed by atoms with Crippen molar-refractivity contribution in [2.45, 2.75) is 156 Å². The molecule has 0 unspecified atom stereocenters. The average Bonchev–Trinajstić information content (AvgIpc) is 2.85. The monoisotopic (exact) mass is 654 g/mol. The molecule has 0 bridgehead atoms. The number of rotatable bonds is 24. The number of hydrogen-bond donors (Lipinski definition) is 0. The zero-order valence-corrected chi connectivity index (χ0v) is 33.3. The van der Waals surface area contributed by atoms with Gasteiger partial charge in [-0.1, -0.05) is 117 Å². The number of hydrogen-bond acceptors (Lipinski definition) is 4. The van der Waals surface area contributed by atoms with E-state index in [9.17, 15) is 0 Å². The summed E-state index contributed by atoms with van der Waals surface area (Å²) in [6.45, 7) is 10.8. The lowest BCUT2D eigenvalue weighted by atomic mass is 10.1. The molecule has 272 valence electrons. The molecule has 0 aromatic carbocycles. The van der Waals surface area contributed by atoms with E-state index in [1.165, 1.54) is 154 Å². The molecule has 0 saturated heterocycles. The Kier molecular flexibility index (Phi) is 38.0. The van der Waals surface area contributed by atoms with Crippen LogP contribution in [0.1, 0.15) is 156 Å². The van der Waals surface area contributed by atoms with Crippen LogP contribution in [0.15, 0.2) is 0 Å². The fourth-order valence-electron chi connectivity index (χ4n) is 4.63. The highest BCUT2D eigenvalue weighted by Gasteiger charge is 2.06. The number of quaternary nitrogens is 3. The normalized spacial score (nSPS) is 12.0. The zero-order chi connectivity index (χ0) is 35.0. The van der Waals surface area contributed by atoms with Crippen molar-refractivity contribution in [3.05, 3.63) is 0 Å². The molecule has 8 heteroatoms. The predicted octanol–water partition coefficient (Wildman–Crippen LogP) is 7.51. The van der Waals surface area contributed by atoms with Crippen LogP contribution in [0.5, 0.6) is 0 Å². The minimum atomic E-state index is -5.39. The lowest BCUT2D eigenvalue weighted by Crippen LogP contribution is -2.35. The SMILES string of the molecule is CCCCCCCCC[N+](C)(C)C.CCCCCCCCC[N+](C)(C)C.CCCCCCCCC[N+](C)(C)C.O=P([O-])([O-])[O-]. The Morgan fingerprint density at radius 3 is 0.614 bits per heavy atom. The summed E-state index contributed by atoms with van der Waals surface area (Å²) < 4.78 is 11.9. The van der Waals surface area contributed by atoms with Crippen molar-refractivity contribution >= 4 is 7.82 Å². The third kappa shape index (κ3) is 78.4. The van der Waals surface area contributed by atoms with Gasteiger partial charge in [-0.05, 0) is 38.5 Å². The van der Waals surface area contributed by atoms with Gasteiger partial charge in [-0.15, -0.1) is 0 Å². The Morgan fingerprint density at radius 2 is 0.477 bits per heavy atom. The molecule has 0 fully saturated rings. The second-order valence-corrected chi connectivity index (χ2v) is 16.7. The molecule has 0 aliphatic heterocycles. The van der Waals surface area contributed by atoms with E-state index in [4.69, 9.17) is 19.2 Å². The van der Waals surface area contributed by atoms with Gasteiger partial charge in [0, 0.05) is 0 Å². The second kappa shape index (κ2) is 32.9. The third-order valence-electron chi connectivity index (χ3n) is 7.30. The lowest BCUT2D eigenvalue weighted by molar-refractivity contribution is -0.870. The summed E-state index contributed by atoms with van der Waals surface area (Å²) in [5.74, 6) is 0. The van der Waals surface area contributed by atoms with Gasteiger partial charge in [0.05, 0.1) is 83.1 Å². The molecule has 0 aromatic rings. The molecule has 7 nitrogen and oxygen atoms in total. The van der Waals surface area contributed by atoms with Crippen molar-refractivity contribution in [2.24, 2.45) is 0 Å². The van der Waals surface area contributed by atoms with Gasteiger partial charge in [0.25, 0.3) is 0 Å². The van der Waals surface area contributed by atoms with Crippen molar-refractivity contribution in [3.63, 3.8) is 0 Å². The van der Waals surface area contributed by atoms with Crippen LogP contribution < -0.4 is 14.7 Å². The van der Waals surface area contributed by atoms with E-state index in [-0.39, 0.29) is 0 Å². The van der Waals surface area contributed by atoms with Crippen LogP contribution in [0.25, 0.3) is 0 Å². The second-order valence-electron chi connectivity index (χ2n) is 15.9. The van der Waals surface area contributed by atoms with Gasteiger partial charge in [-0.25, -0.2) is 0 Å². The molecule has 0 atom stereocenters. The molecule has 0 heterocycles. The molecule has 0 aliphatic rings. The quantitative estimate of drug-likeness (QED) is 0.0613. The maximum atomic E-state index is 8.55. The molecule has 0 spiro atoms. The summed E-state index contributed by atoms with van der Waals surface area (Å²) in [5, 5.41) is 0. The molecule has 0 rings (SSSR count). The van der Waals surface area contributed by atoms with E-state index < -0.39 is 7.82 Å². The highest BCUT2D eigenvalue weighted by Crippen LogP contribution is 2.10. The Labute approximate surface area is 278 Å². The average molecular weight is 654 g/mol. The Hall–Kier alpha value is -0.0100. The van der Waals surface area contributed by atoms with E-state index in [2.05, 4.69) is 84.2 Å². The Bertz CT molecular complexity index is 519. The summed E-state index contributed by atoms with van der Waals surface area (Å²) in [4.78, 5) is 25.6. The van der Waals surface area contributed by atoms with Gasteiger partial charge < -0.3 is 32.7 Å². The maximum Gasteiger partial charge on any atom is 0.0780 e. The standard InChI is InChI=1S/3C12H28N.H3O4P/c3*1-5-6-7-8-9-10-11-12-13(2,3)4;1-5(2,3)4/h3*5-12H2,1-4H3;(H3,1,2,3,4)/q3*+1;/p-3. The van der Waals surface area contributed by atoms with Gasteiger partial charge in [0.2, 0.25) is 0 Å². The molecular weight excluding hydrogens is 569 g/mol. The van der Waals surface area contributed by atoms with Gasteiger partial charge in [-0.3, -0.25) is 0 Å². The first-order valence-electron chi connectivity index (χ1n) is 18.3. The largest absolute Gasteiger partial charge is 0.822 e. The fraction of sp³-hybridized carbons (Fsp3) is 1.00. The Balaban J connectivity index is -0.000000253. The first-order valence-corrected chi connectivity index (χ1v) is 19.8. The van der Waals surface area contributed by atoms with Gasteiger partial charge in [-0.2, -0.15) is 7.82 Å². The van der Waals surface area contributed by atoms with Crippen molar-refractivity contribution in [1.29, 1.82) is 0 Å². The van der Waals surface area contributed by atoms with Crippen LogP contribution >= 0.6 is 7.82 Å². The first kappa shape index (κ1) is 50.8. The minimum absolute atomic E-state index is 1.12.